The molecule has 96 valence electrons. The lowest BCUT2D eigenvalue weighted by atomic mass is 10.2. The molecule has 0 amide bonds. The van der Waals surface area contributed by atoms with Crippen LogP contribution in [0.15, 0.2) is 24.3 Å². The van der Waals surface area contributed by atoms with Crippen molar-refractivity contribution in [3.05, 3.63) is 45.8 Å². The zero-order valence-corrected chi connectivity index (χ0v) is 10.6. The minimum atomic E-state index is -0.847. The van der Waals surface area contributed by atoms with E-state index < -0.39 is 16.4 Å². The lowest BCUT2D eigenvalue weighted by Crippen LogP contribution is -1.92. The van der Waals surface area contributed by atoms with Gasteiger partial charge in [-0.15, -0.1) is 0 Å². The number of benzene rings is 1. The van der Waals surface area contributed by atoms with E-state index in [1.54, 1.807) is 12.2 Å². The summed E-state index contributed by atoms with van der Waals surface area (Å²) in [6.07, 6.45) is 4.16. The topological polar surface area (TPSA) is 60.2 Å². The molecule has 0 heterocycles. The fourth-order valence-corrected chi connectivity index (χ4v) is 1.81. The lowest BCUT2D eigenvalue weighted by Gasteiger charge is -1.96. The molecule has 0 aliphatic heterocycles. The van der Waals surface area contributed by atoms with Crippen molar-refractivity contribution < 1.29 is 14.1 Å². The summed E-state index contributed by atoms with van der Waals surface area (Å²) in [5, 5.41) is 10.5. The van der Waals surface area contributed by atoms with Crippen molar-refractivity contribution >= 4 is 28.6 Å². The van der Waals surface area contributed by atoms with E-state index in [9.17, 15) is 19.3 Å². The molecule has 4 nitrogen and oxygen atoms in total. The molecule has 0 aliphatic rings. The number of carbonyl (C=O) groups excluding carboxylic acids is 1. The molecular weight excluding hydrogens is 257 g/mol. The van der Waals surface area contributed by atoms with E-state index in [4.69, 9.17) is 0 Å². The van der Waals surface area contributed by atoms with Crippen molar-refractivity contribution in [1.29, 1.82) is 0 Å². The Balaban J connectivity index is 2.58. The molecule has 0 fully saturated rings. The second-order valence-corrected chi connectivity index (χ2v) is 4.77. The van der Waals surface area contributed by atoms with Crippen LogP contribution in [-0.4, -0.2) is 15.8 Å². The van der Waals surface area contributed by atoms with Crippen molar-refractivity contribution in [2.75, 3.05) is 5.75 Å². The molecule has 0 atom stereocenters. The Morgan fingerprint density at radius 3 is 2.83 bits per heavy atom. The molecule has 1 aromatic rings. The number of nitrogens with zero attached hydrogens (tertiary/aromatic N) is 1. The fourth-order valence-electron chi connectivity index (χ4n) is 1.26. The van der Waals surface area contributed by atoms with E-state index in [1.807, 2.05) is 0 Å². The first kappa shape index (κ1) is 14.4. The van der Waals surface area contributed by atoms with E-state index in [0.717, 1.165) is 12.1 Å². The summed E-state index contributed by atoms with van der Waals surface area (Å²) in [4.78, 5) is 20.3. The molecule has 18 heavy (non-hydrogen) atoms. The fraction of sp³-hybridized carbons (Fsp3) is 0.250. The number of allylic oxidation sites excluding steroid dienone is 1. The third-order valence-corrected chi connectivity index (χ3v) is 2.91. The van der Waals surface area contributed by atoms with Crippen molar-refractivity contribution in [3.8, 4) is 0 Å². The quantitative estimate of drug-likeness (QED) is 0.467. The second-order valence-electron chi connectivity index (χ2n) is 3.50. The maximum atomic E-state index is 13.3. The molecular formula is C12H12FNO3S. The third-order valence-electron chi connectivity index (χ3n) is 2.07. The highest BCUT2D eigenvalue weighted by Crippen LogP contribution is 2.18. The van der Waals surface area contributed by atoms with Gasteiger partial charge in [0, 0.05) is 18.7 Å². The lowest BCUT2D eigenvalue weighted by molar-refractivity contribution is -0.387. The molecule has 0 unspecified atom stereocenters. The number of halogens is 1. The summed E-state index contributed by atoms with van der Waals surface area (Å²) < 4.78 is 13.3. The van der Waals surface area contributed by atoms with Crippen LogP contribution in [0.1, 0.15) is 18.9 Å². The molecule has 1 aromatic carbocycles. The van der Waals surface area contributed by atoms with Gasteiger partial charge in [-0.05, 0) is 24.1 Å². The molecule has 0 saturated carbocycles. The number of nitro groups is 1. The van der Waals surface area contributed by atoms with Gasteiger partial charge in [-0.1, -0.05) is 23.9 Å². The highest BCUT2D eigenvalue weighted by atomic mass is 32.2. The molecule has 0 aliphatic carbocycles. The summed E-state index contributed by atoms with van der Waals surface area (Å²) in [5.74, 6) is -0.179. The van der Waals surface area contributed by atoms with Crippen molar-refractivity contribution in [2.45, 2.75) is 13.3 Å². The summed E-state index contributed by atoms with van der Waals surface area (Å²) >= 11 is 1.22. The van der Waals surface area contributed by atoms with Gasteiger partial charge in [0.2, 0.25) is 5.82 Å². The SMILES string of the molecule is CC(=O)SCCC=Cc1ccc([N+](=O)[O-])c(F)c1. The molecule has 0 radical (unpaired) electrons. The van der Waals surface area contributed by atoms with Crippen LogP contribution in [0, 0.1) is 15.9 Å². The first-order chi connectivity index (χ1) is 8.50. The van der Waals surface area contributed by atoms with Crippen LogP contribution in [0.25, 0.3) is 6.08 Å². The molecule has 6 heteroatoms. The summed E-state index contributed by atoms with van der Waals surface area (Å²) in [6.45, 7) is 1.50. The molecule has 1 rings (SSSR count). The summed E-state index contributed by atoms with van der Waals surface area (Å²) in [5.41, 5.74) is 0.0326. The number of hydrogen-bond donors (Lipinski definition) is 0. The van der Waals surface area contributed by atoms with Gasteiger partial charge >= 0.3 is 5.69 Å². The number of nitro benzene ring substituents is 1. The molecule has 0 N–H and O–H groups in total. The molecule has 0 bridgehead atoms. The Morgan fingerprint density at radius 1 is 1.56 bits per heavy atom. The molecule has 0 spiro atoms. The van der Waals surface area contributed by atoms with E-state index in [1.165, 1.54) is 24.8 Å². The maximum absolute atomic E-state index is 13.3. The smallest absolute Gasteiger partial charge is 0.288 e. The van der Waals surface area contributed by atoms with Gasteiger partial charge in [0.1, 0.15) is 0 Å². The maximum Gasteiger partial charge on any atom is 0.304 e. The van der Waals surface area contributed by atoms with Crippen molar-refractivity contribution in [1.82, 2.24) is 0 Å². The Bertz CT molecular complexity index is 488. The highest BCUT2D eigenvalue weighted by Gasteiger charge is 2.12. The van der Waals surface area contributed by atoms with Gasteiger partial charge < -0.3 is 0 Å². The summed E-state index contributed by atoms with van der Waals surface area (Å²) in [7, 11) is 0. The Kier molecular flexibility index (Phi) is 5.51. The van der Waals surface area contributed by atoms with Crippen LogP contribution >= 0.6 is 11.8 Å². The van der Waals surface area contributed by atoms with Crippen LogP contribution in [-0.2, 0) is 4.79 Å². The van der Waals surface area contributed by atoms with Gasteiger partial charge in [0.25, 0.3) is 0 Å². The second kappa shape index (κ2) is 6.90. The van der Waals surface area contributed by atoms with Gasteiger partial charge in [0.15, 0.2) is 5.12 Å². The number of rotatable bonds is 5. The van der Waals surface area contributed by atoms with Gasteiger partial charge in [0.05, 0.1) is 4.92 Å². The van der Waals surface area contributed by atoms with Gasteiger partial charge in [-0.3, -0.25) is 14.9 Å². The predicted octanol–water partition coefficient (Wildman–Crippen LogP) is 3.42. The van der Waals surface area contributed by atoms with Crippen LogP contribution in [0.4, 0.5) is 10.1 Å². The van der Waals surface area contributed by atoms with Crippen LogP contribution < -0.4 is 0 Å². The van der Waals surface area contributed by atoms with E-state index in [-0.39, 0.29) is 5.12 Å². The van der Waals surface area contributed by atoms with E-state index in [2.05, 4.69) is 0 Å². The van der Waals surface area contributed by atoms with Gasteiger partial charge in [-0.25, -0.2) is 0 Å². The van der Waals surface area contributed by atoms with Crippen molar-refractivity contribution in [3.63, 3.8) is 0 Å². The predicted molar refractivity (Wildman–Crippen MR) is 69.8 cm³/mol. The first-order valence-corrected chi connectivity index (χ1v) is 6.23. The van der Waals surface area contributed by atoms with Crippen LogP contribution in [0.2, 0.25) is 0 Å². The van der Waals surface area contributed by atoms with E-state index in [0.29, 0.717) is 17.7 Å². The van der Waals surface area contributed by atoms with Crippen LogP contribution in [0.3, 0.4) is 0 Å². The minimum absolute atomic E-state index is 0.0600. The number of thioether (sulfide) groups is 1. The third kappa shape index (κ3) is 4.67. The number of carbonyl (C=O) groups is 1. The summed E-state index contributed by atoms with van der Waals surface area (Å²) in [6, 6.07) is 3.74. The highest BCUT2D eigenvalue weighted by molar-refractivity contribution is 8.13. The Labute approximate surface area is 108 Å². The Hall–Kier alpha value is -1.69. The van der Waals surface area contributed by atoms with E-state index >= 15 is 0 Å². The monoisotopic (exact) mass is 269 g/mol. The minimum Gasteiger partial charge on any atom is -0.288 e. The first-order valence-electron chi connectivity index (χ1n) is 5.24. The normalized spacial score (nSPS) is 10.8. The standard InChI is InChI=1S/C12H12FNO3S/c1-9(15)18-7-3-2-4-10-5-6-12(14(16)17)11(13)8-10/h2,4-6,8H,3,7H2,1H3. The average Bonchev–Trinajstić information content (AvgIpc) is 2.27. The Morgan fingerprint density at radius 2 is 2.28 bits per heavy atom. The average molecular weight is 269 g/mol. The largest absolute Gasteiger partial charge is 0.304 e. The number of hydrogen-bond acceptors (Lipinski definition) is 4. The molecule has 0 saturated heterocycles. The molecule has 0 aromatic heterocycles. The van der Waals surface area contributed by atoms with Gasteiger partial charge in [-0.2, -0.15) is 4.39 Å². The van der Waals surface area contributed by atoms with Crippen molar-refractivity contribution in [2.24, 2.45) is 0 Å². The zero-order valence-electron chi connectivity index (χ0n) is 9.76. The van der Waals surface area contributed by atoms with Crippen LogP contribution in [0.5, 0.6) is 0 Å². The zero-order chi connectivity index (χ0) is 13.5.